The fraction of sp³-hybridized carbons (Fsp3) is 0.923. The zero-order valence-corrected chi connectivity index (χ0v) is 11.8. The van der Waals surface area contributed by atoms with Crippen molar-refractivity contribution in [1.29, 1.82) is 0 Å². The lowest BCUT2D eigenvalue weighted by Gasteiger charge is -2.23. The fourth-order valence-electron chi connectivity index (χ4n) is 1.84. The summed E-state index contributed by atoms with van der Waals surface area (Å²) in [5.74, 6) is 0.973. The number of hydrogen-bond acceptors (Lipinski definition) is 4. The molecule has 5 nitrogen and oxygen atoms in total. The van der Waals surface area contributed by atoms with Gasteiger partial charge in [-0.15, -0.1) is 0 Å². The quantitative estimate of drug-likeness (QED) is 0.619. The first-order valence-corrected chi connectivity index (χ1v) is 6.57. The molecule has 0 saturated heterocycles. The molecule has 0 spiro atoms. The van der Waals surface area contributed by atoms with E-state index in [9.17, 15) is 4.79 Å². The second-order valence-corrected chi connectivity index (χ2v) is 5.49. The van der Waals surface area contributed by atoms with E-state index in [4.69, 9.17) is 14.9 Å². The molecule has 18 heavy (non-hydrogen) atoms. The molecular weight excluding hydrogens is 234 g/mol. The summed E-state index contributed by atoms with van der Waals surface area (Å²) in [5, 5.41) is 20.5. The summed E-state index contributed by atoms with van der Waals surface area (Å²) in [7, 11) is 0. The van der Waals surface area contributed by atoms with Gasteiger partial charge in [0, 0.05) is 6.04 Å². The van der Waals surface area contributed by atoms with E-state index in [1.807, 2.05) is 0 Å². The van der Waals surface area contributed by atoms with Gasteiger partial charge in [-0.25, -0.2) is 4.79 Å². The number of carbonyl (C=O) groups is 1. The predicted octanol–water partition coefficient (Wildman–Crippen LogP) is 1.53. The molecule has 0 atom stereocenters. The number of carbonyl (C=O) groups excluding carboxylic acids is 1. The monoisotopic (exact) mass is 261 g/mol. The van der Waals surface area contributed by atoms with Crippen LogP contribution >= 0.6 is 0 Å². The van der Waals surface area contributed by atoms with Crippen molar-refractivity contribution in [2.75, 3.05) is 13.2 Å². The summed E-state index contributed by atoms with van der Waals surface area (Å²) >= 11 is 0. The normalized spacial score (nSPS) is 11.7. The summed E-state index contributed by atoms with van der Waals surface area (Å²) < 4.78 is 4.89. The van der Waals surface area contributed by atoms with Gasteiger partial charge in [0.1, 0.15) is 6.10 Å². The van der Waals surface area contributed by atoms with Crippen molar-refractivity contribution in [2.24, 2.45) is 11.8 Å². The summed E-state index contributed by atoms with van der Waals surface area (Å²) in [6.07, 6.45) is 0.352. The smallest absolute Gasteiger partial charge is 0.407 e. The van der Waals surface area contributed by atoms with E-state index in [0.29, 0.717) is 11.8 Å². The van der Waals surface area contributed by atoms with Gasteiger partial charge in [-0.2, -0.15) is 0 Å². The third-order valence-corrected chi connectivity index (χ3v) is 2.51. The van der Waals surface area contributed by atoms with Crippen molar-refractivity contribution in [1.82, 2.24) is 5.32 Å². The Balaban J connectivity index is 4.24. The second-order valence-electron chi connectivity index (χ2n) is 5.49. The molecule has 0 rings (SSSR count). The standard InChI is InChI=1S/C13H27NO4/c1-9(2)5-11(6-10(3)4)14-13(17)18-12(7-15)8-16/h9-12,15-16H,5-8H2,1-4H3,(H,14,17). The number of aliphatic hydroxyl groups is 2. The number of ether oxygens (including phenoxy) is 1. The molecule has 0 radical (unpaired) electrons. The Morgan fingerprint density at radius 1 is 1.06 bits per heavy atom. The number of alkyl carbamates (subject to hydrolysis) is 1. The molecule has 0 aliphatic rings. The number of hydrogen-bond donors (Lipinski definition) is 3. The van der Waals surface area contributed by atoms with Crippen LogP contribution in [-0.4, -0.2) is 41.7 Å². The number of aliphatic hydroxyl groups excluding tert-OH is 2. The Bertz CT molecular complexity index is 217. The largest absolute Gasteiger partial charge is 0.441 e. The third-order valence-electron chi connectivity index (χ3n) is 2.51. The van der Waals surface area contributed by atoms with E-state index < -0.39 is 12.2 Å². The highest BCUT2D eigenvalue weighted by molar-refractivity contribution is 5.67. The van der Waals surface area contributed by atoms with Crippen molar-refractivity contribution < 1.29 is 19.7 Å². The van der Waals surface area contributed by atoms with Crippen LogP contribution in [0.4, 0.5) is 4.79 Å². The van der Waals surface area contributed by atoms with Gasteiger partial charge in [-0.05, 0) is 24.7 Å². The highest BCUT2D eigenvalue weighted by atomic mass is 16.6. The molecule has 0 aliphatic heterocycles. The molecule has 0 bridgehead atoms. The molecular formula is C13H27NO4. The molecule has 0 unspecified atom stereocenters. The van der Waals surface area contributed by atoms with Gasteiger partial charge in [0.15, 0.2) is 0 Å². The first-order valence-electron chi connectivity index (χ1n) is 6.57. The molecule has 0 saturated carbocycles. The second kappa shape index (κ2) is 9.16. The minimum atomic E-state index is -0.844. The van der Waals surface area contributed by atoms with Gasteiger partial charge in [0.2, 0.25) is 0 Å². The Morgan fingerprint density at radius 3 is 1.83 bits per heavy atom. The van der Waals surface area contributed by atoms with Crippen molar-refractivity contribution in [3.8, 4) is 0 Å². The average molecular weight is 261 g/mol. The topological polar surface area (TPSA) is 78.8 Å². The maximum atomic E-state index is 11.6. The molecule has 0 aromatic rings. The highest BCUT2D eigenvalue weighted by Gasteiger charge is 2.18. The number of nitrogens with one attached hydrogen (secondary N) is 1. The molecule has 0 heterocycles. The predicted molar refractivity (Wildman–Crippen MR) is 70.3 cm³/mol. The summed E-state index contributed by atoms with van der Waals surface area (Å²) in [6, 6.07) is 0.0653. The Kier molecular flexibility index (Phi) is 8.75. The molecule has 3 N–H and O–H groups in total. The minimum absolute atomic E-state index is 0.0653. The lowest BCUT2D eigenvalue weighted by atomic mass is 9.96. The summed E-state index contributed by atoms with van der Waals surface area (Å²) in [5.41, 5.74) is 0. The highest BCUT2D eigenvalue weighted by Crippen LogP contribution is 2.13. The molecule has 0 aromatic carbocycles. The van der Waals surface area contributed by atoms with Gasteiger partial charge in [-0.1, -0.05) is 27.7 Å². The van der Waals surface area contributed by atoms with E-state index in [-0.39, 0.29) is 19.3 Å². The van der Waals surface area contributed by atoms with Crippen LogP contribution in [0.15, 0.2) is 0 Å². The van der Waals surface area contributed by atoms with E-state index in [1.54, 1.807) is 0 Å². The first kappa shape index (κ1) is 17.2. The van der Waals surface area contributed by atoms with E-state index in [2.05, 4.69) is 33.0 Å². The Morgan fingerprint density at radius 2 is 1.50 bits per heavy atom. The van der Waals surface area contributed by atoms with Crippen molar-refractivity contribution in [3.05, 3.63) is 0 Å². The average Bonchev–Trinajstić information content (AvgIpc) is 2.23. The van der Waals surface area contributed by atoms with E-state index in [0.717, 1.165) is 12.8 Å². The number of amides is 1. The van der Waals surface area contributed by atoms with Crippen LogP contribution in [0.25, 0.3) is 0 Å². The molecule has 0 aromatic heterocycles. The van der Waals surface area contributed by atoms with E-state index >= 15 is 0 Å². The zero-order chi connectivity index (χ0) is 14.1. The molecule has 0 fully saturated rings. The van der Waals surface area contributed by atoms with Gasteiger partial charge in [0.25, 0.3) is 0 Å². The van der Waals surface area contributed by atoms with Crippen LogP contribution in [0, 0.1) is 11.8 Å². The Hall–Kier alpha value is -0.810. The van der Waals surface area contributed by atoms with Crippen molar-refractivity contribution in [3.63, 3.8) is 0 Å². The molecule has 0 aliphatic carbocycles. The van der Waals surface area contributed by atoms with Gasteiger partial charge < -0.3 is 20.3 Å². The Labute approximate surface area is 110 Å². The maximum Gasteiger partial charge on any atom is 0.407 e. The van der Waals surface area contributed by atoms with Crippen LogP contribution < -0.4 is 5.32 Å². The lowest BCUT2D eigenvalue weighted by molar-refractivity contribution is 0.0203. The van der Waals surface area contributed by atoms with Crippen molar-refractivity contribution >= 4 is 6.09 Å². The third kappa shape index (κ3) is 8.31. The number of rotatable bonds is 8. The van der Waals surface area contributed by atoms with Crippen LogP contribution in [0.5, 0.6) is 0 Å². The van der Waals surface area contributed by atoms with Crippen molar-refractivity contribution in [2.45, 2.75) is 52.7 Å². The lowest BCUT2D eigenvalue weighted by Crippen LogP contribution is -2.40. The van der Waals surface area contributed by atoms with Crippen LogP contribution in [0.1, 0.15) is 40.5 Å². The van der Waals surface area contributed by atoms with Gasteiger partial charge in [-0.3, -0.25) is 0 Å². The SMILES string of the molecule is CC(C)CC(CC(C)C)NC(=O)OC(CO)CO. The van der Waals surface area contributed by atoms with Gasteiger partial charge in [0.05, 0.1) is 13.2 Å². The summed E-state index contributed by atoms with van der Waals surface area (Å²) in [6.45, 7) is 7.66. The first-order chi connectivity index (χ1) is 8.38. The minimum Gasteiger partial charge on any atom is -0.441 e. The van der Waals surface area contributed by atoms with Gasteiger partial charge >= 0.3 is 6.09 Å². The van der Waals surface area contributed by atoms with Crippen LogP contribution in [0.2, 0.25) is 0 Å². The fourth-order valence-corrected chi connectivity index (χ4v) is 1.84. The van der Waals surface area contributed by atoms with Crippen LogP contribution in [0.3, 0.4) is 0 Å². The molecule has 5 heteroatoms. The zero-order valence-electron chi connectivity index (χ0n) is 11.8. The molecule has 108 valence electrons. The summed E-state index contributed by atoms with van der Waals surface area (Å²) in [4.78, 5) is 11.6. The van der Waals surface area contributed by atoms with E-state index in [1.165, 1.54) is 0 Å². The maximum absolute atomic E-state index is 11.6. The van der Waals surface area contributed by atoms with Crippen LogP contribution in [-0.2, 0) is 4.74 Å². The molecule has 1 amide bonds.